The van der Waals surface area contributed by atoms with Crippen molar-refractivity contribution in [2.75, 3.05) is 6.54 Å². The second-order valence-corrected chi connectivity index (χ2v) is 6.65. The average Bonchev–Trinajstić information content (AvgIpc) is 3.23. The zero-order valence-electron chi connectivity index (χ0n) is 12.7. The number of nitrogens with one attached hydrogen (secondary N) is 1. The summed E-state index contributed by atoms with van der Waals surface area (Å²) in [6.45, 7) is 6.31. The van der Waals surface area contributed by atoms with Crippen LogP contribution in [0, 0.1) is 0 Å². The average molecular weight is 300 g/mol. The van der Waals surface area contributed by atoms with E-state index in [0.717, 1.165) is 32.2 Å². The van der Waals surface area contributed by atoms with E-state index in [4.69, 9.17) is 0 Å². The Hall–Kier alpha value is -1.16. The Kier molecular flexibility index (Phi) is 5.07. The van der Waals surface area contributed by atoms with Crippen LogP contribution in [0.25, 0.3) is 0 Å². The molecule has 1 aromatic carbocycles. The van der Waals surface area contributed by atoms with Gasteiger partial charge in [-0.2, -0.15) is 11.3 Å². The molecule has 1 fully saturated rings. The fraction of sp³-hybridized carbons (Fsp3) is 0.444. The minimum atomic E-state index is 0.794. The van der Waals surface area contributed by atoms with Gasteiger partial charge < -0.3 is 5.32 Å². The molecular weight excluding hydrogens is 276 g/mol. The third kappa shape index (κ3) is 4.40. The molecule has 0 radical (unpaired) electrons. The quantitative estimate of drug-likeness (QED) is 0.792. The highest BCUT2D eigenvalue weighted by molar-refractivity contribution is 7.07. The molecule has 0 bridgehead atoms. The van der Waals surface area contributed by atoms with Crippen LogP contribution in [0.3, 0.4) is 0 Å². The summed E-state index contributed by atoms with van der Waals surface area (Å²) in [7, 11) is 0. The van der Waals surface area contributed by atoms with Gasteiger partial charge >= 0.3 is 0 Å². The van der Waals surface area contributed by atoms with Crippen molar-refractivity contribution in [2.24, 2.45) is 0 Å². The lowest BCUT2D eigenvalue weighted by Gasteiger charge is -2.22. The SMILES string of the molecule is CCNCc1cccc(CN(Cc2ccsc2)C2CC2)c1. The Bertz CT molecular complexity index is 546. The van der Waals surface area contributed by atoms with E-state index in [9.17, 15) is 0 Å². The van der Waals surface area contributed by atoms with Crippen molar-refractivity contribution in [2.45, 2.75) is 45.4 Å². The maximum Gasteiger partial charge on any atom is 0.0248 e. The number of hydrogen-bond acceptors (Lipinski definition) is 3. The molecule has 0 aliphatic heterocycles. The molecule has 112 valence electrons. The summed E-state index contributed by atoms with van der Waals surface area (Å²) in [5, 5.41) is 7.86. The molecule has 2 nitrogen and oxygen atoms in total. The molecule has 3 rings (SSSR count). The van der Waals surface area contributed by atoms with Gasteiger partial charge in [0.1, 0.15) is 0 Å². The molecule has 1 aliphatic carbocycles. The second-order valence-electron chi connectivity index (χ2n) is 5.87. The molecule has 21 heavy (non-hydrogen) atoms. The summed E-state index contributed by atoms with van der Waals surface area (Å²) < 4.78 is 0. The van der Waals surface area contributed by atoms with Crippen molar-refractivity contribution >= 4 is 11.3 Å². The molecule has 2 aromatic rings. The summed E-state index contributed by atoms with van der Waals surface area (Å²) in [5.74, 6) is 0. The van der Waals surface area contributed by atoms with Crippen LogP contribution in [-0.2, 0) is 19.6 Å². The van der Waals surface area contributed by atoms with E-state index < -0.39 is 0 Å². The lowest BCUT2D eigenvalue weighted by molar-refractivity contribution is 0.246. The molecule has 0 spiro atoms. The number of rotatable bonds is 8. The molecule has 3 heteroatoms. The van der Waals surface area contributed by atoms with Gasteiger partial charge in [0.05, 0.1) is 0 Å². The molecule has 1 heterocycles. The van der Waals surface area contributed by atoms with Crippen molar-refractivity contribution in [3.05, 3.63) is 57.8 Å². The van der Waals surface area contributed by atoms with Crippen molar-refractivity contribution in [1.82, 2.24) is 10.2 Å². The summed E-state index contributed by atoms with van der Waals surface area (Å²) in [5.41, 5.74) is 4.28. The van der Waals surface area contributed by atoms with Crippen molar-refractivity contribution in [3.63, 3.8) is 0 Å². The highest BCUT2D eigenvalue weighted by Crippen LogP contribution is 2.30. The Labute approximate surface area is 131 Å². The standard InChI is InChI=1S/C18H24N2S/c1-2-19-11-15-4-3-5-16(10-15)12-20(18-6-7-18)13-17-8-9-21-14-17/h3-5,8-10,14,18-19H,2,6-7,11-13H2,1H3. The fourth-order valence-corrected chi connectivity index (χ4v) is 3.37. The Balaban J connectivity index is 1.65. The van der Waals surface area contributed by atoms with Crippen molar-refractivity contribution in [1.29, 1.82) is 0 Å². The topological polar surface area (TPSA) is 15.3 Å². The van der Waals surface area contributed by atoms with E-state index in [2.05, 4.69) is 58.2 Å². The largest absolute Gasteiger partial charge is 0.313 e. The molecule has 0 atom stereocenters. The Morgan fingerprint density at radius 3 is 2.67 bits per heavy atom. The second kappa shape index (κ2) is 7.21. The first-order chi connectivity index (χ1) is 10.3. The number of thiophene rings is 1. The van der Waals surface area contributed by atoms with E-state index in [-0.39, 0.29) is 0 Å². The number of hydrogen-bond donors (Lipinski definition) is 1. The molecular formula is C18H24N2S. The molecule has 0 saturated heterocycles. The lowest BCUT2D eigenvalue weighted by atomic mass is 10.1. The third-order valence-electron chi connectivity index (χ3n) is 3.99. The summed E-state index contributed by atoms with van der Waals surface area (Å²) in [4.78, 5) is 2.63. The Morgan fingerprint density at radius 2 is 1.95 bits per heavy atom. The zero-order valence-corrected chi connectivity index (χ0v) is 13.5. The summed E-state index contributed by atoms with van der Waals surface area (Å²) in [6.07, 6.45) is 2.72. The van der Waals surface area contributed by atoms with Crippen LogP contribution in [0.5, 0.6) is 0 Å². The van der Waals surface area contributed by atoms with Crippen LogP contribution in [0.4, 0.5) is 0 Å². The zero-order chi connectivity index (χ0) is 14.5. The van der Waals surface area contributed by atoms with Gasteiger partial charge in [-0.1, -0.05) is 31.2 Å². The smallest absolute Gasteiger partial charge is 0.0248 e. The molecule has 1 N–H and O–H groups in total. The molecule has 1 aromatic heterocycles. The highest BCUT2D eigenvalue weighted by Gasteiger charge is 2.28. The predicted molar refractivity (Wildman–Crippen MR) is 90.4 cm³/mol. The van der Waals surface area contributed by atoms with E-state index >= 15 is 0 Å². The first kappa shape index (κ1) is 14.8. The predicted octanol–water partition coefficient (Wildman–Crippen LogP) is 4.02. The molecule has 1 aliphatic rings. The van der Waals surface area contributed by atoms with Gasteiger partial charge in [-0.05, 0) is 52.9 Å². The van der Waals surface area contributed by atoms with Crippen LogP contribution in [-0.4, -0.2) is 17.5 Å². The Morgan fingerprint density at radius 1 is 1.14 bits per heavy atom. The van der Waals surface area contributed by atoms with Crippen molar-refractivity contribution < 1.29 is 0 Å². The van der Waals surface area contributed by atoms with E-state index in [1.54, 1.807) is 11.3 Å². The van der Waals surface area contributed by atoms with E-state index in [1.165, 1.54) is 29.5 Å². The first-order valence-electron chi connectivity index (χ1n) is 7.89. The maximum absolute atomic E-state index is 3.40. The van der Waals surface area contributed by atoms with E-state index in [1.807, 2.05) is 0 Å². The maximum atomic E-state index is 3.40. The van der Waals surface area contributed by atoms with Gasteiger partial charge in [0.2, 0.25) is 0 Å². The van der Waals surface area contributed by atoms with Crippen LogP contribution >= 0.6 is 11.3 Å². The normalized spacial score (nSPS) is 14.8. The summed E-state index contributed by atoms with van der Waals surface area (Å²) in [6, 6.07) is 12.1. The van der Waals surface area contributed by atoms with Gasteiger partial charge in [-0.3, -0.25) is 4.90 Å². The number of nitrogens with zero attached hydrogens (tertiary/aromatic N) is 1. The van der Waals surface area contributed by atoms with Crippen LogP contribution in [0.1, 0.15) is 36.5 Å². The lowest BCUT2D eigenvalue weighted by Crippen LogP contribution is -2.25. The minimum absolute atomic E-state index is 0.794. The molecule has 0 amide bonds. The van der Waals surface area contributed by atoms with Gasteiger partial charge in [-0.15, -0.1) is 0 Å². The highest BCUT2D eigenvalue weighted by atomic mass is 32.1. The molecule has 0 unspecified atom stereocenters. The van der Waals surface area contributed by atoms with Gasteiger partial charge in [0, 0.05) is 25.7 Å². The number of benzene rings is 1. The van der Waals surface area contributed by atoms with Crippen LogP contribution in [0.15, 0.2) is 41.1 Å². The monoisotopic (exact) mass is 300 g/mol. The van der Waals surface area contributed by atoms with E-state index in [0.29, 0.717) is 0 Å². The van der Waals surface area contributed by atoms with Gasteiger partial charge in [0.15, 0.2) is 0 Å². The summed E-state index contributed by atoms with van der Waals surface area (Å²) >= 11 is 1.80. The third-order valence-corrected chi connectivity index (χ3v) is 4.72. The van der Waals surface area contributed by atoms with Crippen molar-refractivity contribution in [3.8, 4) is 0 Å². The van der Waals surface area contributed by atoms with Crippen LogP contribution in [0.2, 0.25) is 0 Å². The van der Waals surface area contributed by atoms with Gasteiger partial charge in [-0.25, -0.2) is 0 Å². The minimum Gasteiger partial charge on any atom is -0.313 e. The first-order valence-corrected chi connectivity index (χ1v) is 8.83. The van der Waals surface area contributed by atoms with Crippen LogP contribution < -0.4 is 5.32 Å². The fourth-order valence-electron chi connectivity index (χ4n) is 2.71. The molecule has 1 saturated carbocycles. The van der Waals surface area contributed by atoms with Gasteiger partial charge in [0.25, 0.3) is 0 Å².